The average molecular weight is 389 g/mol. The molecule has 0 aromatic heterocycles. The van der Waals surface area contributed by atoms with Crippen molar-refractivity contribution in [1.82, 2.24) is 10.0 Å². The smallest absolute Gasteiger partial charge is 0.356 e. The molecule has 1 saturated heterocycles. The van der Waals surface area contributed by atoms with Crippen LogP contribution >= 0.6 is 0 Å². The van der Waals surface area contributed by atoms with Gasteiger partial charge >= 0.3 is 11.9 Å². The van der Waals surface area contributed by atoms with Gasteiger partial charge in [-0.15, -0.1) is 0 Å². The normalized spacial score (nSPS) is 20.9. The number of nitro groups is 1. The predicted octanol–water partition coefficient (Wildman–Crippen LogP) is 1.48. The van der Waals surface area contributed by atoms with Gasteiger partial charge in [0, 0.05) is 24.1 Å². The maximum absolute atomic E-state index is 12.7. The van der Waals surface area contributed by atoms with E-state index in [0.717, 1.165) is 12.1 Å². The fraction of sp³-hybridized carbons (Fsp3) is 0.389. The first-order valence-electron chi connectivity index (χ1n) is 8.41. The number of hydrazine groups is 1. The standard InChI is InChI=1S/C18H19N3O7/c1-18(2)9-12(22)19-15(17(24)28-4)13(16(23)27-3)14(20(18)19)10-5-7-11(8-6-10)21(25)26/h5-8,14H,9H2,1-4H3. The Kier molecular flexibility index (Phi) is 4.67. The second-order valence-corrected chi connectivity index (χ2v) is 7.04. The molecular formula is C18H19N3O7. The molecule has 1 unspecified atom stereocenters. The SMILES string of the molecule is COC(=O)C1=C(C(=O)OC)N2C(=O)CC(C)(C)N2C1c1ccc([N+](=O)[O-])cc1. The number of carbonyl (C=O) groups is 3. The lowest BCUT2D eigenvalue weighted by Gasteiger charge is -2.36. The zero-order valence-corrected chi connectivity index (χ0v) is 15.8. The highest BCUT2D eigenvalue weighted by atomic mass is 16.6. The molecule has 2 aliphatic rings. The van der Waals surface area contributed by atoms with Crippen LogP contribution in [0.1, 0.15) is 31.9 Å². The van der Waals surface area contributed by atoms with Gasteiger partial charge in [0.2, 0.25) is 5.91 Å². The van der Waals surface area contributed by atoms with Gasteiger partial charge in [-0.3, -0.25) is 14.9 Å². The summed E-state index contributed by atoms with van der Waals surface area (Å²) in [6, 6.07) is 4.74. The van der Waals surface area contributed by atoms with E-state index in [9.17, 15) is 24.5 Å². The number of non-ortho nitro benzene ring substituents is 1. The van der Waals surface area contributed by atoms with Crippen LogP contribution in [-0.4, -0.2) is 52.5 Å². The molecule has 0 bridgehead atoms. The minimum Gasteiger partial charge on any atom is -0.466 e. The molecule has 0 aliphatic carbocycles. The minimum atomic E-state index is -0.846. The van der Waals surface area contributed by atoms with Gasteiger partial charge in [-0.2, -0.15) is 5.01 Å². The maximum Gasteiger partial charge on any atom is 0.356 e. The molecule has 0 spiro atoms. The molecule has 2 aliphatic heterocycles. The first-order chi connectivity index (χ1) is 13.1. The zero-order valence-electron chi connectivity index (χ0n) is 15.8. The van der Waals surface area contributed by atoms with Crippen LogP contribution < -0.4 is 0 Å². The average Bonchev–Trinajstić information content (AvgIpc) is 3.13. The third kappa shape index (κ3) is 2.82. The van der Waals surface area contributed by atoms with E-state index in [-0.39, 0.29) is 29.3 Å². The summed E-state index contributed by atoms with van der Waals surface area (Å²) < 4.78 is 9.67. The van der Waals surface area contributed by atoms with Crippen LogP contribution in [0.15, 0.2) is 35.5 Å². The molecule has 0 radical (unpaired) electrons. The summed E-state index contributed by atoms with van der Waals surface area (Å²) in [6.07, 6.45) is 0.116. The van der Waals surface area contributed by atoms with Crippen LogP contribution in [-0.2, 0) is 23.9 Å². The number of esters is 2. The number of benzene rings is 1. The van der Waals surface area contributed by atoms with Crippen molar-refractivity contribution in [1.29, 1.82) is 0 Å². The molecule has 1 aromatic carbocycles. The number of methoxy groups -OCH3 is 2. The first-order valence-corrected chi connectivity index (χ1v) is 8.41. The van der Waals surface area contributed by atoms with Crippen LogP contribution in [0.25, 0.3) is 0 Å². The summed E-state index contributed by atoms with van der Waals surface area (Å²) in [4.78, 5) is 48.2. The van der Waals surface area contributed by atoms with Crippen molar-refractivity contribution in [3.63, 3.8) is 0 Å². The number of rotatable bonds is 4. The lowest BCUT2D eigenvalue weighted by molar-refractivity contribution is -0.384. The molecule has 10 nitrogen and oxygen atoms in total. The van der Waals surface area contributed by atoms with E-state index in [1.807, 2.05) is 0 Å². The number of nitrogens with zero attached hydrogens (tertiary/aromatic N) is 3. The molecule has 3 rings (SSSR count). The van der Waals surface area contributed by atoms with Gasteiger partial charge in [-0.25, -0.2) is 14.6 Å². The Bertz CT molecular complexity index is 904. The Morgan fingerprint density at radius 1 is 1.14 bits per heavy atom. The molecular weight excluding hydrogens is 370 g/mol. The predicted molar refractivity (Wildman–Crippen MR) is 94.3 cm³/mol. The molecule has 148 valence electrons. The van der Waals surface area contributed by atoms with Crippen molar-refractivity contribution in [3.05, 3.63) is 51.2 Å². The largest absolute Gasteiger partial charge is 0.466 e. The molecule has 10 heteroatoms. The van der Waals surface area contributed by atoms with Crippen LogP contribution in [0.2, 0.25) is 0 Å². The van der Waals surface area contributed by atoms with E-state index in [2.05, 4.69) is 0 Å². The number of hydrogen-bond donors (Lipinski definition) is 0. The highest BCUT2D eigenvalue weighted by Crippen LogP contribution is 2.50. The van der Waals surface area contributed by atoms with Gasteiger partial charge < -0.3 is 9.47 Å². The monoisotopic (exact) mass is 389 g/mol. The lowest BCUT2D eigenvalue weighted by atomic mass is 9.92. The summed E-state index contributed by atoms with van der Waals surface area (Å²) in [6.45, 7) is 3.61. The summed E-state index contributed by atoms with van der Waals surface area (Å²) >= 11 is 0. The van der Waals surface area contributed by atoms with E-state index >= 15 is 0 Å². The molecule has 1 aromatic rings. The van der Waals surface area contributed by atoms with Crippen LogP contribution in [0, 0.1) is 10.1 Å². The van der Waals surface area contributed by atoms with Gasteiger partial charge in [-0.05, 0) is 19.4 Å². The van der Waals surface area contributed by atoms with Gasteiger partial charge in [0.1, 0.15) is 0 Å². The fourth-order valence-electron chi connectivity index (χ4n) is 3.68. The number of ether oxygens (including phenoxy) is 2. The number of nitro benzene ring substituents is 1. The van der Waals surface area contributed by atoms with E-state index in [0.29, 0.717) is 5.56 Å². The Balaban J connectivity index is 2.25. The molecule has 1 fully saturated rings. The fourth-order valence-corrected chi connectivity index (χ4v) is 3.68. The minimum absolute atomic E-state index is 0.0515. The number of carbonyl (C=O) groups excluding carboxylic acids is 3. The van der Waals surface area contributed by atoms with E-state index in [4.69, 9.17) is 9.47 Å². The molecule has 1 atom stereocenters. The van der Waals surface area contributed by atoms with Crippen molar-refractivity contribution in [2.45, 2.75) is 31.8 Å². The summed E-state index contributed by atoms with van der Waals surface area (Å²) in [5.41, 5.74) is -0.596. The summed E-state index contributed by atoms with van der Waals surface area (Å²) in [5, 5.41) is 13.7. The Morgan fingerprint density at radius 2 is 1.71 bits per heavy atom. The third-order valence-electron chi connectivity index (χ3n) is 4.84. The van der Waals surface area contributed by atoms with Gasteiger partial charge in [0.25, 0.3) is 5.69 Å². The van der Waals surface area contributed by atoms with Crippen molar-refractivity contribution in [3.8, 4) is 0 Å². The zero-order chi connectivity index (χ0) is 20.8. The van der Waals surface area contributed by atoms with Gasteiger partial charge in [-0.1, -0.05) is 12.1 Å². The van der Waals surface area contributed by atoms with Crippen molar-refractivity contribution in [2.75, 3.05) is 14.2 Å². The van der Waals surface area contributed by atoms with Crippen molar-refractivity contribution < 1.29 is 28.8 Å². The molecule has 0 saturated carbocycles. The molecule has 28 heavy (non-hydrogen) atoms. The first kappa shape index (κ1) is 19.5. The van der Waals surface area contributed by atoms with Crippen LogP contribution in [0.5, 0.6) is 0 Å². The van der Waals surface area contributed by atoms with E-state index in [1.165, 1.54) is 31.4 Å². The number of hydrogen-bond acceptors (Lipinski definition) is 8. The van der Waals surface area contributed by atoms with Crippen molar-refractivity contribution in [2.24, 2.45) is 0 Å². The number of amides is 1. The van der Waals surface area contributed by atoms with E-state index in [1.54, 1.807) is 18.9 Å². The van der Waals surface area contributed by atoms with Crippen LogP contribution in [0.3, 0.4) is 0 Å². The Labute approximate surface area is 160 Å². The molecule has 2 heterocycles. The Hall–Kier alpha value is -3.27. The molecule has 0 N–H and O–H groups in total. The third-order valence-corrected chi connectivity index (χ3v) is 4.84. The highest BCUT2D eigenvalue weighted by Gasteiger charge is 2.58. The second kappa shape index (κ2) is 6.71. The quantitative estimate of drug-likeness (QED) is 0.431. The van der Waals surface area contributed by atoms with Gasteiger partial charge in [0.15, 0.2) is 5.70 Å². The Morgan fingerprint density at radius 3 is 2.21 bits per heavy atom. The van der Waals surface area contributed by atoms with Crippen LogP contribution in [0.4, 0.5) is 5.69 Å². The van der Waals surface area contributed by atoms with Crippen molar-refractivity contribution >= 4 is 23.5 Å². The molecule has 1 amide bonds. The number of fused-ring (bicyclic) bond motifs is 1. The van der Waals surface area contributed by atoms with E-state index < -0.39 is 28.4 Å². The second-order valence-electron chi connectivity index (χ2n) is 7.04. The summed E-state index contributed by atoms with van der Waals surface area (Å²) in [5.74, 6) is -2.00. The van der Waals surface area contributed by atoms with Gasteiger partial charge in [0.05, 0.1) is 30.8 Å². The maximum atomic E-state index is 12.7. The topological polar surface area (TPSA) is 119 Å². The highest BCUT2D eigenvalue weighted by molar-refractivity contribution is 6.05. The summed E-state index contributed by atoms with van der Waals surface area (Å²) in [7, 11) is 2.32. The lowest BCUT2D eigenvalue weighted by Crippen LogP contribution is -2.45.